The molecule has 1 amide bonds. The second-order valence-corrected chi connectivity index (χ2v) is 5.50. The number of likely N-dealkylation sites (tertiary alicyclic amines) is 1. The molecule has 0 aromatic rings. The first-order valence-electron chi connectivity index (χ1n) is 7.55. The Morgan fingerprint density at radius 3 is 2.50 bits per heavy atom. The molecule has 0 aromatic carbocycles. The average Bonchev–Trinajstić information content (AvgIpc) is 2.42. The molecule has 1 fully saturated rings. The molecule has 1 aliphatic rings. The molecular formula is C14H28N2O4. The fraction of sp³-hybridized carbons (Fsp3) is 0.929. The van der Waals surface area contributed by atoms with Crippen molar-refractivity contribution in [2.24, 2.45) is 0 Å². The van der Waals surface area contributed by atoms with Crippen molar-refractivity contribution in [1.82, 2.24) is 10.2 Å². The molecule has 1 heterocycles. The summed E-state index contributed by atoms with van der Waals surface area (Å²) in [7, 11) is 0. The van der Waals surface area contributed by atoms with Crippen LogP contribution in [0.25, 0.3) is 0 Å². The Morgan fingerprint density at radius 2 is 1.95 bits per heavy atom. The SMILES string of the molecule is CCCCN1C[C@H](NC(=O)CCC)[C@@H](O)[C@H](O)[C@H]1CO. The van der Waals surface area contributed by atoms with Crippen molar-refractivity contribution in [3.8, 4) is 0 Å². The third-order valence-electron chi connectivity index (χ3n) is 3.87. The van der Waals surface area contributed by atoms with Crippen molar-refractivity contribution < 1.29 is 20.1 Å². The summed E-state index contributed by atoms with van der Waals surface area (Å²) >= 11 is 0. The number of nitrogens with zero attached hydrogens (tertiary/aromatic N) is 1. The van der Waals surface area contributed by atoms with Crippen LogP contribution >= 0.6 is 0 Å². The average molecular weight is 288 g/mol. The highest BCUT2D eigenvalue weighted by atomic mass is 16.3. The Hall–Kier alpha value is -0.690. The Kier molecular flexibility index (Phi) is 7.43. The molecule has 20 heavy (non-hydrogen) atoms. The first kappa shape index (κ1) is 17.4. The van der Waals surface area contributed by atoms with Gasteiger partial charge >= 0.3 is 0 Å². The Balaban J connectivity index is 2.69. The van der Waals surface area contributed by atoms with Gasteiger partial charge in [-0.15, -0.1) is 0 Å². The molecule has 6 heteroatoms. The standard InChI is InChI=1S/C14H28N2O4/c1-3-5-7-16-8-10(15-12(18)6-4-2)13(19)14(20)11(16)9-17/h10-11,13-14,17,19-20H,3-9H2,1-2H3,(H,15,18)/t10-,11+,13+,14+/m0/s1. The van der Waals surface area contributed by atoms with Crippen LogP contribution in [0.1, 0.15) is 39.5 Å². The number of carbonyl (C=O) groups excluding carboxylic acids is 1. The van der Waals surface area contributed by atoms with Crippen molar-refractivity contribution >= 4 is 5.91 Å². The number of amides is 1. The summed E-state index contributed by atoms with van der Waals surface area (Å²) in [6, 6.07) is -0.945. The van der Waals surface area contributed by atoms with E-state index in [1.165, 1.54) is 0 Å². The van der Waals surface area contributed by atoms with Gasteiger partial charge in [0.1, 0.15) is 6.10 Å². The van der Waals surface area contributed by atoms with Gasteiger partial charge in [0.2, 0.25) is 5.91 Å². The third-order valence-corrected chi connectivity index (χ3v) is 3.87. The maximum atomic E-state index is 11.7. The zero-order chi connectivity index (χ0) is 15.1. The minimum Gasteiger partial charge on any atom is -0.395 e. The zero-order valence-electron chi connectivity index (χ0n) is 12.5. The van der Waals surface area contributed by atoms with E-state index in [0.717, 1.165) is 25.8 Å². The largest absolute Gasteiger partial charge is 0.395 e. The normalized spacial score (nSPS) is 31.2. The molecule has 0 spiro atoms. The molecule has 1 aliphatic heterocycles. The minimum absolute atomic E-state index is 0.110. The topological polar surface area (TPSA) is 93.0 Å². The summed E-state index contributed by atoms with van der Waals surface area (Å²) in [5, 5.41) is 32.4. The summed E-state index contributed by atoms with van der Waals surface area (Å²) in [6.45, 7) is 4.99. The lowest BCUT2D eigenvalue weighted by atomic mass is 9.92. The number of piperidine rings is 1. The molecule has 0 radical (unpaired) electrons. The van der Waals surface area contributed by atoms with E-state index in [2.05, 4.69) is 12.2 Å². The number of hydrogen-bond acceptors (Lipinski definition) is 5. The smallest absolute Gasteiger partial charge is 0.220 e. The van der Waals surface area contributed by atoms with E-state index in [4.69, 9.17) is 0 Å². The number of unbranched alkanes of at least 4 members (excludes halogenated alkanes) is 1. The van der Waals surface area contributed by atoms with Crippen molar-refractivity contribution in [2.75, 3.05) is 19.7 Å². The molecule has 1 rings (SSSR count). The molecule has 118 valence electrons. The third kappa shape index (κ3) is 4.41. The quantitative estimate of drug-likeness (QED) is 0.505. The van der Waals surface area contributed by atoms with Gasteiger partial charge in [-0.2, -0.15) is 0 Å². The number of aliphatic hydroxyl groups is 3. The maximum Gasteiger partial charge on any atom is 0.220 e. The highest BCUT2D eigenvalue weighted by Crippen LogP contribution is 2.19. The lowest BCUT2D eigenvalue weighted by Crippen LogP contribution is -2.66. The van der Waals surface area contributed by atoms with Gasteiger partial charge in [0.25, 0.3) is 0 Å². The molecule has 0 bridgehead atoms. The lowest BCUT2D eigenvalue weighted by molar-refractivity contribution is -0.130. The number of nitrogens with one attached hydrogen (secondary N) is 1. The molecular weight excluding hydrogens is 260 g/mol. The predicted octanol–water partition coefficient (Wildman–Crippen LogP) is -0.530. The van der Waals surface area contributed by atoms with Crippen LogP contribution in [0.4, 0.5) is 0 Å². The zero-order valence-corrected chi connectivity index (χ0v) is 12.5. The van der Waals surface area contributed by atoms with Gasteiger partial charge < -0.3 is 20.6 Å². The van der Waals surface area contributed by atoms with Gasteiger partial charge in [0, 0.05) is 13.0 Å². The van der Waals surface area contributed by atoms with Crippen LogP contribution in [0.5, 0.6) is 0 Å². The van der Waals surface area contributed by atoms with Crippen molar-refractivity contribution in [1.29, 1.82) is 0 Å². The number of hydrogen-bond donors (Lipinski definition) is 4. The maximum absolute atomic E-state index is 11.7. The van der Waals surface area contributed by atoms with E-state index in [0.29, 0.717) is 13.0 Å². The Labute approximate surface area is 120 Å². The molecule has 0 aliphatic carbocycles. The van der Waals surface area contributed by atoms with Gasteiger partial charge in [-0.05, 0) is 19.4 Å². The second kappa shape index (κ2) is 8.56. The van der Waals surface area contributed by atoms with Gasteiger partial charge in [-0.25, -0.2) is 0 Å². The number of rotatable bonds is 7. The van der Waals surface area contributed by atoms with Crippen molar-refractivity contribution in [2.45, 2.75) is 63.8 Å². The molecule has 0 unspecified atom stereocenters. The summed E-state index contributed by atoms with van der Waals surface area (Å²) in [4.78, 5) is 13.6. The highest BCUT2D eigenvalue weighted by Gasteiger charge is 2.41. The van der Waals surface area contributed by atoms with Crippen LogP contribution in [0.2, 0.25) is 0 Å². The summed E-state index contributed by atoms with van der Waals surface area (Å²) < 4.78 is 0. The van der Waals surface area contributed by atoms with Crippen molar-refractivity contribution in [3.63, 3.8) is 0 Å². The van der Waals surface area contributed by atoms with Gasteiger partial charge in [0.15, 0.2) is 0 Å². The van der Waals surface area contributed by atoms with Crippen LogP contribution in [-0.4, -0.2) is 70.1 Å². The highest BCUT2D eigenvalue weighted by molar-refractivity contribution is 5.76. The second-order valence-electron chi connectivity index (χ2n) is 5.50. The fourth-order valence-corrected chi connectivity index (χ4v) is 2.66. The Morgan fingerprint density at radius 1 is 1.25 bits per heavy atom. The van der Waals surface area contributed by atoms with E-state index in [1.807, 2.05) is 11.8 Å². The fourth-order valence-electron chi connectivity index (χ4n) is 2.66. The molecule has 6 nitrogen and oxygen atoms in total. The van der Waals surface area contributed by atoms with Crippen LogP contribution < -0.4 is 5.32 Å². The minimum atomic E-state index is -1.04. The summed E-state index contributed by atoms with van der Waals surface area (Å²) in [5.41, 5.74) is 0. The lowest BCUT2D eigenvalue weighted by Gasteiger charge is -2.45. The van der Waals surface area contributed by atoms with Crippen molar-refractivity contribution in [3.05, 3.63) is 0 Å². The first-order chi connectivity index (χ1) is 9.54. The molecule has 4 N–H and O–H groups in total. The van der Waals surface area contributed by atoms with Crippen LogP contribution in [0, 0.1) is 0 Å². The summed E-state index contributed by atoms with van der Waals surface area (Å²) in [6.07, 6.45) is 1.05. The van der Waals surface area contributed by atoms with E-state index in [1.54, 1.807) is 0 Å². The van der Waals surface area contributed by atoms with Crippen LogP contribution in [0.15, 0.2) is 0 Å². The molecule has 0 aromatic heterocycles. The van der Waals surface area contributed by atoms with Gasteiger partial charge in [0.05, 0.1) is 24.8 Å². The van der Waals surface area contributed by atoms with E-state index >= 15 is 0 Å². The van der Waals surface area contributed by atoms with E-state index in [9.17, 15) is 20.1 Å². The van der Waals surface area contributed by atoms with E-state index in [-0.39, 0.29) is 12.5 Å². The monoisotopic (exact) mass is 288 g/mol. The number of aliphatic hydroxyl groups excluding tert-OH is 3. The Bertz CT molecular complexity index is 301. The first-order valence-corrected chi connectivity index (χ1v) is 7.55. The van der Waals surface area contributed by atoms with Gasteiger partial charge in [-0.3, -0.25) is 9.69 Å². The van der Waals surface area contributed by atoms with Gasteiger partial charge in [-0.1, -0.05) is 20.3 Å². The van der Waals surface area contributed by atoms with E-state index < -0.39 is 24.3 Å². The molecule has 4 atom stereocenters. The van der Waals surface area contributed by atoms with Crippen LogP contribution in [0.3, 0.4) is 0 Å². The number of carbonyl (C=O) groups is 1. The molecule has 0 saturated carbocycles. The predicted molar refractivity (Wildman–Crippen MR) is 76.2 cm³/mol. The summed E-state index contributed by atoms with van der Waals surface area (Å²) in [5.74, 6) is -0.110. The molecule has 1 saturated heterocycles. The van der Waals surface area contributed by atoms with Crippen LogP contribution in [-0.2, 0) is 4.79 Å².